The van der Waals surface area contributed by atoms with Crippen molar-refractivity contribution in [3.8, 4) is 0 Å². The maximum absolute atomic E-state index is 13.2. The quantitative estimate of drug-likeness (QED) is 0.871. The molecule has 2 aromatic rings. The number of carbonyl (C=O) groups excluding carboxylic acids is 1. The van der Waals surface area contributed by atoms with E-state index in [9.17, 15) is 9.18 Å². The Morgan fingerprint density at radius 2 is 2.00 bits per heavy atom. The van der Waals surface area contributed by atoms with Gasteiger partial charge in [0.05, 0.1) is 12.6 Å². The molecule has 0 saturated heterocycles. The summed E-state index contributed by atoms with van der Waals surface area (Å²) in [5, 5.41) is 3.58. The fourth-order valence-electron chi connectivity index (χ4n) is 2.39. The molecule has 23 heavy (non-hydrogen) atoms. The van der Waals surface area contributed by atoms with Gasteiger partial charge in [-0.15, -0.1) is 0 Å². The second-order valence-corrected chi connectivity index (χ2v) is 6.08. The number of benzene rings is 2. The monoisotopic (exact) mass is 334 g/mol. The fourth-order valence-corrected chi connectivity index (χ4v) is 2.59. The van der Waals surface area contributed by atoms with Crippen LogP contribution < -0.4 is 5.32 Å². The Morgan fingerprint density at radius 3 is 2.70 bits per heavy atom. The molecule has 1 unspecified atom stereocenters. The van der Waals surface area contributed by atoms with Crippen molar-refractivity contribution in [2.45, 2.75) is 19.5 Å². The first-order chi connectivity index (χ1) is 10.9. The lowest BCUT2D eigenvalue weighted by atomic mass is 10.1. The molecule has 5 heteroatoms. The number of hydrogen-bond donors (Lipinski definition) is 1. The molecule has 0 aliphatic carbocycles. The maximum Gasteiger partial charge on any atom is 0.234 e. The van der Waals surface area contributed by atoms with Gasteiger partial charge in [-0.05, 0) is 49.4 Å². The Labute approximate surface area is 141 Å². The Kier molecular flexibility index (Phi) is 6.13. The molecule has 0 aromatic heterocycles. The molecule has 0 radical (unpaired) electrons. The largest absolute Gasteiger partial charge is 0.348 e. The van der Waals surface area contributed by atoms with Crippen LogP contribution in [0.1, 0.15) is 24.1 Å². The smallest absolute Gasteiger partial charge is 0.234 e. The van der Waals surface area contributed by atoms with Crippen LogP contribution in [-0.2, 0) is 11.3 Å². The summed E-state index contributed by atoms with van der Waals surface area (Å²) >= 11 is 5.96. The van der Waals surface area contributed by atoms with Gasteiger partial charge in [0.1, 0.15) is 5.82 Å². The van der Waals surface area contributed by atoms with Gasteiger partial charge >= 0.3 is 0 Å². The molecule has 3 nitrogen and oxygen atoms in total. The van der Waals surface area contributed by atoms with Crippen molar-refractivity contribution in [3.05, 3.63) is 70.5 Å². The van der Waals surface area contributed by atoms with Crippen molar-refractivity contribution < 1.29 is 9.18 Å². The maximum atomic E-state index is 13.2. The van der Waals surface area contributed by atoms with Gasteiger partial charge in [0, 0.05) is 11.6 Å². The van der Waals surface area contributed by atoms with E-state index in [-0.39, 0.29) is 24.3 Å². The van der Waals surface area contributed by atoms with E-state index in [1.165, 1.54) is 12.1 Å². The lowest BCUT2D eigenvalue weighted by Crippen LogP contribution is -2.36. The third-order valence-corrected chi connectivity index (χ3v) is 3.72. The zero-order valence-electron chi connectivity index (χ0n) is 13.2. The van der Waals surface area contributed by atoms with Crippen LogP contribution in [0.4, 0.5) is 4.39 Å². The molecule has 1 N–H and O–H groups in total. The second kappa shape index (κ2) is 8.09. The minimum absolute atomic E-state index is 0.0867. The number of carbonyl (C=O) groups is 1. The molecule has 0 heterocycles. The molecule has 1 amide bonds. The zero-order chi connectivity index (χ0) is 16.8. The normalized spacial score (nSPS) is 12.2. The summed E-state index contributed by atoms with van der Waals surface area (Å²) in [6, 6.07) is 13.7. The molecular weight excluding hydrogens is 315 g/mol. The third kappa shape index (κ3) is 5.66. The number of nitrogens with zero attached hydrogens (tertiary/aromatic N) is 1. The van der Waals surface area contributed by atoms with Gasteiger partial charge in [0.2, 0.25) is 5.91 Å². The summed E-state index contributed by atoms with van der Waals surface area (Å²) in [5.41, 5.74) is 1.79. The SMILES string of the molecule is CC(NC(=O)CN(C)Cc1cccc(F)c1)c1cccc(Cl)c1. The minimum atomic E-state index is -0.269. The number of likely N-dealkylation sites (N-methyl/N-ethyl adjacent to an activating group) is 1. The van der Waals surface area contributed by atoms with E-state index in [2.05, 4.69) is 5.32 Å². The molecule has 0 fully saturated rings. The van der Waals surface area contributed by atoms with Gasteiger partial charge in [-0.2, -0.15) is 0 Å². The van der Waals surface area contributed by atoms with Crippen molar-refractivity contribution >= 4 is 17.5 Å². The predicted molar refractivity (Wildman–Crippen MR) is 90.7 cm³/mol. The van der Waals surface area contributed by atoms with Gasteiger partial charge in [0.15, 0.2) is 0 Å². The first-order valence-corrected chi connectivity index (χ1v) is 7.79. The van der Waals surface area contributed by atoms with Crippen molar-refractivity contribution in [1.29, 1.82) is 0 Å². The lowest BCUT2D eigenvalue weighted by Gasteiger charge is -2.19. The standard InChI is InChI=1S/C18H20ClFN2O/c1-13(15-6-4-7-16(19)10-15)21-18(23)12-22(2)11-14-5-3-8-17(20)9-14/h3-10,13H,11-12H2,1-2H3,(H,21,23). The highest BCUT2D eigenvalue weighted by Gasteiger charge is 2.12. The molecule has 1 atom stereocenters. The highest BCUT2D eigenvalue weighted by molar-refractivity contribution is 6.30. The first-order valence-electron chi connectivity index (χ1n) is 7.42. The van der Waals surface area contributed by atoms with E-state index in [0.717, 1.165) is 11.1 Å². The Morgan fingerprint density at radius 1 is 1.26 bits per heavy atom. The van der Waals surface area contributed by atoms with Crippen molar-refractivity contribution in [2.24, 2.45) is 0 Å². The molecule has 122 valence electrons. The highest BCUT2D eigenvalue weighted by Crippen LogP contribution is 2.17. The molecule has 0 aliphatic rings. The lowest BCUT2D eigenvalue weighted by molar-refractivity contribution is -0.122. The summed E-state index contributed by atoms with van der Waals surface area (Å²) < 4.78 is 13.2. The van der Waals surface area contributed by atoms with Crippen LogP contribution in [0, 0.1) is 5.82 Å². The number of halogens is 2. The van der Waals surface area contributed by atoms with E-state index in [4.69, 9.17) is 11.6 Å². The number of amides is 1. The van der Waals surface area contributed by atoms with Crippen LogP contribution in [0.2, 0.25) is 5.02 Å². The van der Waals surface area contributed by atoms with Crippen LogP contribution in [0.5, 0.6) is 0 Å². The van der Waals surface area contributed by atoms with E-state index < -0.39 is 0 Å². The third-order valence-electron chi connectivity index (χ3n) is 3.48. The van der Waals surface area contributed by atoms with E-state index in [1.54, 1.807) is 12.1 Å². The van der Waals surface area contributed by atoms with Crippen LogP contribution in [0.25, 0.3) is 0 Å². The topological polar surface area (TPSA) is 32.3 Å². The predicted octanol–water partition coefficient (Wildman–Crippen LogP) is 3.79. The Bertz CT molecular complexity index is 678. The van der Waals surface area contributed by atoms with E-state index >= 15 is 0 Å². The van der Waals surface area contributed by atoms with E-state index in [0.29, 0.717) is 11.6 Å². The van der Waals surface area contributed by atoms with Gasteiger partial charge in [-0.3, -0.25) is 9.69 Å². The number of hydrogen-bond acceptors (Lipinski definition) is 2. The first kappa shape index (κ1) is 17.4. The van der Waals surface area contributed by atoms with Gasteiger partial charge in [0.25, 0.3) is 0 Å². The van der Waals surface area contributed by atoms with Crippen LogP contribution in [0.3, 0.4) is 0 Å². The van der Waals surface area contributed by atoms with Crippen molar-refractivity contribution in [1.82, 2.24) is 10.2 Å². The summed E-state index contributed by atoms with van der Waals surface area (Å²) in [5.74, 6) is -0.355. The van der Waals surface area contributed by atoms with E-state index in [1.807, 2.05) is 43.1 Å². The van der Waals surface area contributed by atoms with Crippen LogP contribution in [0.15, 0.2) is 48.5 Å². The van der Waals surface area contributed by atoms with Crippen molar-refractivity contribution in [2.75, 3.05) is 13.6 Å². The molecule has 0 spiro atoms. The number of rotatable bonds is 6. The van der Waals surface area contributed by atoms with Crippen LogP contribution in [-0.4, -0.2) is 24.4 Å². The summed E-state index contributed by atoms with van der Waals surface area (Å²) in [6.45, 7) is 2.66. The molecule has 0 bridgehead atoms. The highest BCUT2D eigenvalue weighted by atomic mass is 35.5. The summed E-state index contributed by atoms with van der Waals surface area (Å²) in [7, 11) is 1.83. The Hall–Kier alpha value is -1.91. The number of nitrogens with one attached hydrogen (secondary N) is 1. The molecule has 2 aromatic carbocycles. The van der Waals surface area contributed by atoms with Gasteiger partial charge < -0.3 is 5.32 Å². The molecule has 2 rings (SSSR count). The molecular formula is C18H20ClFN2O. The van der Waals surface area contributed by atoms with Crippen molar-refractivity contribution in [3.63, 3.8) is 0 Å². The average Bonchev–Trinajstić information content (AvgIpc) is 2.46. The second-order valence-electron chi connectivity index (χ2n) is 5.65. The molecule has 0 saturated carbocycles. The van der Waals surface area contributed by atoms with Crippen LogP contribution >= 0.6 is 11.6 Å². The summed E-state index contributed by atoms with van der Waals surface area (Å²) in [6.07, 6.45) is 0. The Balaban J connectivity index is 1.86. The molecule has 0 aliphatic heterocycles. The average molecular weight is 335 g/mol. The van der Waals surface area contributed by atoms with Gasteiger partial charge in [-0.1, -0.05) is 35.9 Å². The summed E-state index contributed by atoms with van der Waals surface area (Å²) in [4.78, 5) is 14.0. The minimum Gasteiger partial charge on any atom is -0.348 e. The van der Waals surface area contributed by atoms with Gasteiger partial charge in [-0.25, -0.2) is 4.39 Å². The fraction of sp³-hybridized carbons (Fsp3) is 0.278. The zero-order valence-corrected chi connectivity index (χ0v) is 14.0.